The van der Waals surface area contributed by atoms with Crippen molar-refractivity contribution in [1.82, 2.24) is 0 Å². The molecule has 160 valence electrons. The smallest absolute Gasteiger partial charge is 0.189 e. The number of halogens is 3. The van der Waals surface area contributed by atoms with Crippen LogP contribution in [0.4, 0.5) is 8.78 Å². The predicted octanol–water partition coefficient (Wildman–Crippen LogP) is 4.06. The van der Waals surface area contributed by atoms with E-state index in [1.165, 1.54) is 24.3 Å². The van der Waals surface area contributed by atoms with E-state index in [-0.39, 0.29) is 48.7 Å². The molecule has 1 fully saturated rings. The minimum absolute atomic E-state index is 0.0161. The van der Waals surface area contributed by atoms with E-state index < -0.39 is 38.2 Å². The zero-order valence-electron chi connectivity index (χ0n) is 15.8. The fourth-order valence-corrected chi connectivity index (χ4v) is 7.04. The van der Waals surface area contributed by atoms with Crippen molar-refractivity contribution in [1.29, 1.82) is 0 Å². The van der Waals surface area contributed by atoms with Crippen LogP contribution in [-0.4, -0.2) is 34.0 Å². The van der Waals surface area contributed by atoms with Gasteiger partial charge in [0.15, 0.2) is 21.4 Å². The third-order valence-electron chi connectivity index (χ3n) is 5.91. The Hall–Kier alpha value is -2.03. The molecule has 4 rings (SSSR count). The fourth-order valence-electron chi connectivity index (χ4n) is 4.57. The van der Waals surface area contributed by atoms with Gasteiger partial charge in [0.1, 0.15) is 16.9 Å². The molecule has 3 atom stereocenters. The van der Waals surface area contributed by atoms with Crippen molar-refractivity contribution in [3.63, 3.8) is 0 Å². The monoisotopic (exact) mass is 456 g/mol. The Morgan fingerprint density at radius 1 is 1.13 bits per heavy atom. The highest BCUT2D eigenvalue weighted by Crippen LogP contribution is 2.55. The lowest BCUT2D eigenvalue weighted by molar-refractivity contribution is -0.110. The Morgan fingerprint density at radius 3 is 2.53 bits per heavy atom. The molecule has 0 bridgehead atoms. The molecule has 2 aliphatic rings. The largest absolute Gasteiger partial charge is 0.490 e. The van der Waals surface area contributed by atoms with Gasteiger partial charge in [-0.1, -0.05) is 11.6 Å². The number of carbonyl (C=O) groups is 1. The maximum atomic E-state index is 15.1. The zero-order chi connectivity index (χ0) is 21.5. The maximum absolute atomic E-state index is 15.1. The van der Waals surface area contributed by atoms with E-state index in [1.807, 2.05) is 0 Å². The minimum atomic E-state index is -4.22. The number of fused-ring (bicyclic) bond motifs is 3. The molecule has 1 saturated heterocycles. The third-order valence-corrected chi connectivity index (χ3v) is 8.73. The third kappa shape index (κ3) is 3.13. The summed E-state index contributed by atoms with van der Waals surface area (Å²) in [4.78, 5) is 10.9. The first-order valence-corrected chi connectivity index (χ1v) is 11.4. The molecule has 5 nitrogen and oxygen atoms in total. The fraction of sp³-hybridized carbons (Fsp3) is 0.381. The van der Waals surface area contributed by atoms with Crippen LogP contribution < -0.4 is 4.74 Å². The molecule has 0 aliphatic carbocycles. The molecule has 2 heterocycles. The van der Waals surface area contributed by atoms with E-state index in [0.29, 0.717) is 11.3 Å². The lowest BCUT2D eigenvalue weighted by Crippen LogP contribution is -2.57. The molecule has 0 radical (unpaired) electrons. The first-order chi connectivity index (χ1) is 14.3. The Bertz CT molecular complexity index is 1070. The highest BCUT2D eigenvalue weighted by molar-refractivity contribution is 7.92. The van der Waals surface area contributed by atoms with Gasteiger partial charge in [-0.05, 0) is 49.2 Å². The van der Waals surface area contributed by atoms with Crippen LogP contribution in [0.1, 0.15) is 24.8 Å². The lowest BCUT2D eigenvalue weighted by Gasteiger charge is -2.50. The summed E-state index contributed by atoms with van der Waals surface area (Å²) >= 11 is 5.91. The molecule has 0 aromatic heterocycles. The number of carbonyl (C=O) groups excluding carboxylic acids is 1. The van der Waals surface area contributed by atoms with Crippen molar-refractivity contribution in [3.8, 4) is 5.75 Å². The van der Waals surface area contributed by atoms with Crippen molar-refractivity contribution < 1.29 is 31.5 Å². The Kier molecular flexibility index (Phi) is 5.59. The van der Waals surface area contributed by atoms with Gasteiger partial charge in [0.2, 0.25) is 0 Å². The molecule has 0 N–H and O–H groups in total. The highest BCUT2D eigenvalue weighted by atomic mass is 35.5. The van der Waals surface area contributed by atoms with Crippen LogP contribution in [-0.2, 0) is 24.1 Å². The maximum Gasteiger partial charge on any atom is 0.189 e. The number of hydrogen-bond acceptors (Lipinski definition) is 5. The van der Waals surface area contributed by atoms with Crippen molar-refractivity contribution in [2.45, 2.75) is 35.0 Å². The minimum Gasteiger partial charge on any atom is -0.490 e. The summed E-state index contributed by atoms with van der Waals surface area (Å²) in [6.45, 7) is -0.161. The highest BCUT2D eigenvalue weighted by Gasteiger charge is 2.61. The molecule has 0 saturated carbocycles. The SMILES string of the molecule is O=CCC[C@@H]1OCC[C@@]2(S(=O)(=O)c3ccc(Cl)cc3)c3c(F)ccc(F)c3OC[C@@H]12. The van der Waals surface area contributed by atoms with E-state index in [0.717, 1.165) is 12.1 Å². The molecule has 0 amide bonds. The molecule has 30 heavy (non-hydrogen) atoms. The van der Waals surface area contributed by atoms with Gasteiger partial charge in [-0.3, -0.25) is 0 Å². The number of benzene rings is 2. The Labute approximate surface area is 177 Å². The molecular formula is C21H19ClF2O5S. The number of rotatable bonds is 5. The molecule has 0 unspecified atom stereocenters. The summed E-state index contributed by atoms with van der Waals surface area (Å²) in [5, 5.41) is 0.350. The van der Waals surface area contributed by atoms with Gasteiger partial charge in [0.05, 0.1) is 23.2 Å². The van der Waals surface area contributed by atoms with Crippen LogP contribution in [0.3, 0.4) is 0 Å². The van der Waals surface area contributed by atoms with Gasteiger partial charge in [0.25, 0.3) is 0 Å². The topological polar surface area (TPSA) is 69.7 Å². The van der Waals surface area contributed by atoms with Crippen molar-refractivity contribution >= 4 is 27.7 Å². The van der Waals surface area contributed by atoms with Gasteiger partial charge in [-0.15, -0.1) is 0 Å². The average molecular weight is 457 g/mol. The molecule has 2 aliphatic heterocycles. The van der Waals surface area contributed by atoms with Crippen LogP contribution in [0.15, 0.2) is 41.3 Å². The molecule has 2 aromatic carbocycles. The standard InChI is InChI=1S/C21H19ClF2O5S/c22-13-3-5-14(6-4-13)30(26,27)21-9-11-28-18(2-1-10-25)15(21)12-29-20-17(24)8-7-16(23)19(20)21/h3-8,10,15,18H,1-2,9,11-12H2/t15-,18-,21-/m0/s1. The molecule has 0 spiro atoms. The molecular weight excluding hydrogens is 438 g/mol. The van der Waals surface area contributed by atoms with E-state index in [4.69, 9.17) is 21.1 Å². The van der Waals surface area contributed by atoms with Crippen LogP contribution in [0.25, 0.3) is 0 Å². The van der Waals surface area contributed by atoms with Crippen molar-refractivity contribution in [2.24, 2.45) is 5.92 Å². The number of hydrogen-bond donors (Lipinski definition) is 0. The lowest BCUT2D eigenvalue weighted by atomic mass is 9.75. The van der Waals surface area contributed by atoms with Crippen molar-refractivity contribution in [2.75, 3.05) is 13.2 Å². The van der Waals surface area contributed by atoms with Gasteiger partial charge < -0.3 is 14.3 Å². The zero-order valence-corrected chi connectivity index (χ0v) is 17.4. The van der Waals surface area contributed by atoms with Gasteiger partial charge in [-0.2, -0.15) is 0 Å². The van der Waals surface area contributed by atoms with Gasteiger partial charge >= 0.3 is 0 Å². The normalized spacial score (nSPS) is 25.7. The summed E-state index contributed by atoms with van der Waals surface area (Å²) in [7, 11) is -4.22. The summed E-state index contributed by atoms with van der Waals surface area (Å²) in [5.74, 6) is -2.90. The first-order valence-electron chi connectivity index (χ1n) is 9.49. The summed E-state index contributed by atoms with van der Waals surface area (Å²) in [5.41, 5.74) is -0.312. The van der Waals surface area contributed by atoms with E-state index in [1.54, 1.807) is 0 Å². The van der Waals surface area contributed by atoms with Crippen molar-refractivity contribution in [3.05, 3.63) is 58.6 Å². The van der Waals surface area contributed by atoms with E-state index in [9.17, 15) is 17.6 Å². The number of ether oxygens (including phenoxy) is 2. The van der Waals surface area contributed by atoms with Crippen LogP contribution in [0.2, 0.25) is 5.02 Å². The summed E-state index contributed by atoms with van der Waals surface area (Å²) in [6, 6.07) is 7.41. The first kappa shape index (κ1) is 21.2. The Balaban J connectivity index is 1.99. The quantitative estimate of drug-likeness (QED) is 0.634. The second-order valence-corrected chi connectivity index (χ2v) is 10.0. The molecule has 2 aromatic rings. The van der Waals surface area contributed by atoms with Crippen LogP contribution >= 0.6 is 11.6 Å². The number of aldehydes is 1. The second kappa shape index (κ2) is 7.90. The van der Waals surface area contributed by atoms with E-state index in [2.05, 4.69) is 0 Å². The second-order valence-electron chi connectivity index (χ2n) is 7.40. The average Bonchev–Trinajstić information content (AvgIpc) is 2.74. The predicted molar refractivity (Wildman–Crippen MR) is 105 cm³/mol. The van der Waals surface area contributed by atoms with E-state index >= 15 is 4.39 Å². The molecule has 9 heteroatoms. The van der Waals surface area contributed by atoms with Crippen LogP contribution in [0.5, 0.6) is 5.75 Å². The summed E-state index contributed by atoms with van der Waals surface area (Å²) < 4.78 is 67.1. The van der Waals surface area contributed by atoms with Gasteiger partial charge in [0, 0.05) is 24.0 Å². The van der Waals surface area contributed by atoms with Crippen LogP contribution in [0, 0.1) is 17.6 Å². The Morgan fingerprint density at radius 2 is 1.83 bits per heavy atom. The number of sulfone groups is 1. The van der Waals surface area contributed by atoms with Gasteiger partial charge in [-0.25, -0.2) is 17.2 Å². The summed E-state index contributed by atoms with van der Waals surface area (Å²) in [6.07, 6.45) is 0.377.